The monoisotopic (exact) mass is 512 g/mol. The molecule has 36 heavy (non-hydrogen) atoms. The maximum atomic E-state index is 13.3. The van der Waals surface area contributed by atoms with Crippen molar-refractivity contribution < 1.29 is 24.2 Å². The van der Waals surface area contributed by atoms with Gasteiger partial charge in [0.25, 0.3) is 11.7 Å². The molecule has 0 unspecified atom stereocenters. The van der Waals surface area contributed by atoms with E-state index in [0.717, 1.165) is 37.2 Å². The van der Waals surface area contributed by atoms with Crippen molar-refractivity contribution >= 4 is 29.1 Å². The second-order valence-corrected chi connectivity index (χ2v) is 9.61. The standard InChI is InChI=1S/C28H33ClN2O5/c1-3-15-36-22-9-10-23(19(2)18-22)26(32)24-25(20-5-7-21(29)8-6-20)31(28(34)27(24)33)12-4-11-30-13-16-35-17-14-30/h5-10,18,25,32H,3-4,11-17H2,1-2H3/t25-/m1/s1. The number of morpholine rings is 1. The molecule has 0 spiro atoms. The average molecular weight is 513 g/mol. The summed E-state index contributed by atoms with van der Waals surface area (Å²) in [5.74, 6) is -0.754. The Balaban J connectivity index is 1.66. The van der Waals surface area contributed by atoms with Gasteiger partial charge < -0.3 is 19.5 Å². The summed E-state index contributed by atoms with van der Waals surface area (Å²) in [5.41, 5.74) is 2.09. The Labute approximate surface area is 217 Å². The molecule has 0 aliphatic carbocycles. The number of nitrogens with zero attached hydrogens (tertiary/aromatic N) is 2. The van der Waals surface area contributed by atoms with E-state index in [1.807, 2.05) is 19.9 Å². The zero-order valence-corrected chi connectivity index (χ0v) is 21.6. The molecule has 0 bridgehead atoms. The quantitative estimate of drug-likeness (QED) is 0.301. The lowest BCUT2D eigenvalue weighted by Crippen LogP contribution is -2.38. The van der Waals surface area contributed by atoms with E-state index in [2.05, 4.69) is 4.90 Å². The number of hydrogen-bond donors (Lipinski definition) is 1. The van der Waals surface area contributed by atoms with Gasteiger partial charge in [-0.15, -0.1) is 0 Å². The first-order chi connectivity index (χ1) is 17.4. The summed E-state index contributed by atoms with van der Waals surface area (Å²) in [5, 5.41) is 11.9. The van der Waals surface area contributed by atoms with E-state index >= 15 is 0 Å². The number of ketones is 1. The van der Waals surface area contributed by atoms with Gasteiger partial charge in [0.15, 0.2) is 0 Å². The summed E-state index contributed by atoms with van der Waals surface area (Å²) in [6.45, 7) is 8.80. The third-order valence-corrected chi connectivity index (χ3v) is 6.88. The fourth-order valence-electron chi connectivity index (χ4n) is 4.75. The number of aliphatic hydroxyl groups is 1. The van der Waals surface area contributed by atoms with Gasteiger partial charge in [-0.25, -0.2) is 0 Å². The molecule has 2 aromatic rings. The van der Waals surface area contributed by atoms with Gasteiger partial charge in [0, 0.05) is 36.8 Å². The maximum absolute atomic E-state index is 13.3. The summed E-state index contributed by atoms with van der Waals surface area (Å²) >= 11 is 6.11. The second-order valence-electron chi connectivity index (χ2n) is 9.18. The Morgan fingerprint density at radius 2 is 1.83 bits per heavy atom. The highest BCUT2D eigenvalue weighted by molar-refractivity contribution is 6.46. The van der Waals surface area contributed by atoms with Crippen molar-refractivity contribution in [3.05, 3.63) is 69.8 Å². The van der Waals surface area contributed by atoms with Gasteiger partial charge in [0.2, 0.25) is 0 Å². The molecule has 7 nitrogen and oxygen atoms in total. The molecule has 2 aliphatic rings. The number of Topliss-reactive ketones (excluding diaryl/α,β-unsaturated/α-hetero) is 1. The smallest absolute Gasteiger partial charge is 0.295 e. The number of carbonyl (C=O) groups is 2. The molecule has 192 valence electrons. The fourth-order valence-corrected chi connectivity index (χ4v) is 4.87. The molecule has 4 rings (SSSR count). The number of hydrogen-bond acceptors (Lipinski definition) is 6. The zero-order valence-electron chi connectivity index (χ0n) is 20.8. The van der Waals surface area contributed by atoms with E-state index in [9.17, 15) is 14.7 Å². The molecule has 8 heteroatoms. The Bertz CT molecular complexity index is 1130. The van der Waals surface area contributed by atoms with Crippen molar-refractivity contribution in [3.8, 4) is 5.75 Å². The van der Waals surface area contributed by atoms with Crippen LogP contribution in [0.1, 0.15) is 42.5 Å². The number of benzene rings is 2. The topological polar surface area (TPSA) is 79.3 Å². The van der Waals surface area contributed by atoms with Gasteiger partial charge in [-0.2, -0.15) is 0 Å². The van der Waals surface area contributed by atoms with Gasteiger partial charge in [-0.05, 0) is 61.2 Å². The Morgan fingerprint density at radius 1 is 1.11 bits per heavy atom. The number of carbonyl (C=O) groups excluding carboxylic acids is 2. The molecular formula is C28H33ClN2O5. The summed E-state index contributed by atoms with van der Waals surface area (Å²) in [7, 11) is 0. The third-order valence-electron chi connectivity index (χ3n) is 6.63. The van der Waals surface area contributed by atoms with Crippen LogP contribution in [0.2, 0.25) is 5.02 Å². The van der Waals surface area contributed by atoms with Crippen LogP contribution in [0.25, 0.3) is 5.76 Å². The van der Waals surface area contributed by atoms with Crippen LogP contribution in [-0.4, -0.2) is 72.6 Å². The molecule has 2 aromatic carbocycles. The summed E-state index contributed by atoms with van der Waals surface area (Å²) < 4.78 is 11.1. The normalized spacial score (nSPS) is 20.2. The molecule has 2 saturated heterocycles. The summed E-state index contributed by atoms with van der Waals surface area (Å²) in [6, 6.07) is 11.7. The number of likely N-dealkylation sites (tertiary alicyclic amines) is 1. The predicted octanol–water partition coefficient (Wildman–Crippen LogP) is 4.58. The van der Waals surface area contributed by atoms with Crippen LogP contribution < -0.4 is 4.74 Å². The molecular weight excluding hydrogens is 480 g/mol. The van der Waals surface area contributed by atoms with Crippen molar-refractivity contribution in [1.29, 1.82) is 0 Å². The first kappa shape index (κ1) is 26.2. The molecule has 1 N–H and O–H groups in total. The minimum Gasteiger partial charge on any atom is -0.507 e. The SMILES string of the molecule is CCCOc1ccc(C(O)=C2C(=O)C(=O)N(CCCN3CCOCC3)[C@@H]2c2ccc(Cl)cc2)c(C)c1. The maximum Gasteiger partial charge on any atom is 0.295 e. The zero-order chi connectivity index (χ0) is 25.7. The highest BCUT2D eigenvalue weighted by atomic mass is 35.5. The minimum absolute atomic E-state index is 0.0963. The molecule has 1 atom stereocenters. The molecule has 2 heterocycles. The van der Waals surface area contributed by atoms with Crippen molar-refractivity contribution in [2.75, 3.05) is 46.0 Å². The van der Waals surface area contributed by atoms with Gasteiger partial charge in [0.05, 0.1) is 31.4 Å². The van der Waals surface area contributed by atoms with Gasteiger partial charge in [-0.3, -0.25) is 14.5 Å². The third kappa shape index (κ3) is 5.75. The van der Waals surface area contributed by atoms with Crippen LogP contribution in [-0.2, 0) is 14.3 Å². The molecule has 2 aliphatic heterocycles. The van der Waals surface area contributed by atoms with Crippen LogP contribution in [0, 0.1) is 6.92 Å². The molecule has 1 amide bonds. The summed E-state index contributed by atoms with van der Waals surface area (Å²) in [4.78, 5) is 30.3. The molecule has 0 aromatic heterocycles. The lowest BCUT2D eigenvalue weighted by atomic mass is 9.94. The molecule has 0 saturated carbocycles. The Hall–Kier alpha value is -2.87. The van der Waals surface area contributed by atoms with E-state index in [0.29, 0.717) is 49.1 Å². The summed E-state index contributed by atoms with van der Waals surface area (Å²) in [6.07, 6.45) is 1.59. The molecule has 2 fully saturated rings. The van der Waals surface area contributed by atoms with Crippen molar-refractivity contribution in [2.24, 2.45) is 0 Å². The first-order valence-corrected chi connectivity index (χ1v) is 12.9. The number of rotatable bonds is 9. The van der Waals surface area contributed by atoms with Crippen molar-refractivity contribution in [1.82, 2.24) is 9.80 Å². The van der Waals surface area contributed by atoms with E-state index in [4.69, 9.17) is 21.1 Å². The van der Waals surface area contributed by atoms with E-state index in [-0.39, 0.29) is 11.3 Å². The van der Waals surface area contributed by atoms with Crippen molar-refractivity contribution in [2.45, 2.75) is 32.7 Å². The van der Waals surface area contributed by atoms with Crippen LogP contribution in [0.15, 0.2) is 48.0 Å². The lowest BCUT2D eigenvalue weighted by Gasteiger charge is -2.29. The Morgan fingerprint density at radius 3 is 2.50 bits per heavy atom. The Kier molecular flexibility index (Phi) is 8.67. The van der Waals surface area contributed by atoms with Crippen LogP contribution in [0.4, 0.5) is 0 Å². The van der Waals surface area contributed by atoms with E-state index < -0.39 is 17.7 Å². The second kappa shape index (κ2) is 11.9. The number of halogens is 1. The lowest BCUT2D eigenvalue weighted by molar-refractivity contribution is -0.140. The predicted molar refractivity (Wildman–Crippen MR) is 139 cm³/mol. The van der Waals surface area contributed by atoms with Crippen LogP contribution >= 0.6 is 11.6 Å². The number of amides is 1. The fraction of sp³-hybridized carbons (Fsp3) is 0.429. The highest BCUT2D eigenvalue weighted by Gasteiger charge is 2.46. The van der Waals surface area contributed by atoms with E-state index in [1.165, 1.54) is 0 Å². The largest absolute Gasteiger partial charge is 0.507 e. The highest BCUT2D eigenvalue weighted by Crippen LogP contribution is 2.40. The minimum atomic E-state index is -0.692. The van der Waals surface area contributed by atoms with Crippen LogP contribution in [0.3, 0.4) is 0 Å². The van der Waals surface area contributed by atoms with Gasteiger partial charge >= 0.3 is 0 Å². The van der Waals surface area contributed by atoms with Crippen molar-refractivity contribution in [3.63, 3.8) is 0 Å². The number of aliphatic hydroxyl groups excluding tert-OH is 1. The van der Waals surface area contributed by atoms with Gasteiger partial charge in [0.1, 0.15) is 11.5 Å². The average Bonchev–Trinajstić information content (AvgIpc) is 3.13. The van der Waals surface area contributed by atoms with E-state index in [1.54, 1.807) is 41.3 Å². The first-order valence-electron chi connectivity index (χ1n) is 12.5. The van der Waals surface area contributed by atoms with Crippen LogP contribution in [0.5, 0.6) is 5.75 Å². The number of ether oxygens (including phenoxy) is 2. The molecule has 0 radical (unpaired) electrons. The van der Waals surface area contributed by atoms with Gasteiger partial charge in [-0.1, -0.05) is 30.7 Å². The number of aryl methyl sites for hydroxylation is 1.